The second kappa shape index (κ2) is 6.43. The third-order valence-corrected chi connectivity index (χ3v) is 2.62. The quantitative estimate of drug-likeness (QED) is 0.842. The molecule has 0 aromatic carbocycles. The van der Waals surface area contributed by atoms with Gasteiger partial charge in [0.1, 0.15) is 4.60 Å². The molecular weight excluding hydrogens is 270 g/mol. The van der Waals surface area contributed by atoms with Crippen molar-refractivity contribution in [2.45, 2.75) is 26.2 Å². The molecule has 0 aliphatic heterocycles. The van der Waals surface area contributed by atoms with Gasteiger partial charge in [-0.2, -0.15) is 0 Å². The smallest absolute Gasteiger partial charge is 0.303 e. The molecule has 16 heavy (non-hydrogen) atoms. The molecule has 0 saturated heterocycles. The van der Waals surface area contributed by atoms with Gasteiger partial charge in [-0.15, -0.1) is 0 Å². The van der Waals surface area contributed by atoms with Crippen LogP contribution in [0.15, 0.2) is 28.9 Å². The monoisotopic (exact) mass is 283 g/mol. The minimum atomic E-state index is -0.770. The fourth-order valence-electron chi connectivity index (χ4n) is 1.39. The summed E-state index contributed by atoms with van der Waals surface area (Å²) in [5.74, 6) is -0.770. The topological polar surface area (TPSA) is 50.2 Å². The molecule has 0 bridgehead atoms. The highest BCUT2D eigenvalue weighted by molar-refractivity contribution is 9.10. The molecule has 0 atom stereocenters. The maximum atomic E-state index is 10.4. The van der Waals surface area contributed by atoms with Gasteiger partial charge in [-0.1, -0.05) is 19.1 Å². The van der Waals surface area contributed by atoms with Crippen LogP contribution in [0.25, 0.3) is 5.57 Å². The zero-order valence-electron chi connectivity index (χ0n) is 9.11. The normalized spacial score (nSPS) is 11.5. The fraction of sp³-hybridized carbons (Fsp3) is 0.333. The number of rotatable bonds is 5. The number of hydrogen-bond acceptors (Lipinski definition) is 2. The number of carboxylic acid groups (broad SMARTS) is 1. The zero-order chi connectivity index (χ0) is 12.0. The van der Waals surface area contributed by atoms with Crippen LogP contribution >= 0.6 is 15.9 Å². The van der Waals surface area contributed by atoms with Gasteiger partial charge in [-0.05, 0) is 46.5 Å². The summed E-state index contributed by atoms with van der Waals surface area (Å²) in [7, 11) is 0. The van der Waals surface area contributed by atoms with Crippen molar-refractivity contribution in [1.29, 1.82) is 0 Å². The Hall–Kier alpha value is -1.16. The van der Waals surface area contributed by atoms with E-state index in [2.05, 4.69) is 20.9 Å². The molecule has 0 spiro atoms. The number of hydrogen-bond donors (Lipinski definition) is 1. The van der Waals surface area contributed by atoms with Gasteiger partial charge >= 0.3 is 5.97 Å². The van der Waals surface area contributed by atoms with E-state index in [1.807, 2.05) is 31.2 Å². The zero-order valence-corrected chi connectivity index (χ0v) is 10.7. The Morgan fingerprint density at radius 2 is 2.31 bits per heavy atom. The van der Waals surface area contributed by atoms with Crippen molar-refractivity contribution in [2.24, 2.45) is 0 Å². The summed E-state index contributed by atoms with van der Waals surface area (Å²) >= 11 is 3.32. The van der Waals surface area contributed by atoms with Crippen molar-refractivity contribution < 1.29 is 9.90 Å². The summed E-state index contributed by atoms with van der Waals surface area (Å²) < 4.78 is 0.794. The molecule has 1 aromatic heterocycles. The number of nitrogens with zero attached hydrogens (tertiary/aromatic N) is 1. The first-order valence-corrected chi connectivity index (χ1v) is 5.96. The summed E-state index contributed by atoms with van der Waals surface area (Å²) in [5.41, 5.74) is 1.99. The van der Waals surface area contributed by atoms with E-state index in [1.165, 1.54) is 0 Å². The second-order valence-corrected chi connectivity index (χ2v) is 4.17. The number of carbonyl (C=O) groups is 1. The van der Waals surface area contributed by atoms with Gasteiger partial charge in [0, 0.05) is 6.42 Å². The molecular formula is C12H14BrNO2. The number of allylic oxidation sites excluding steroid dienone is 2. The number of aromatic nitrogens is 1. The van der Waals surface area contributed by atoms with Gasteiger partial charge in [-0.3, -0.25) is 4.79 Å². The molecule has 86 valence electrons. The Morgan fingerprint density at radius 3 is 2.88 bits per heavy atom. The Bertz CT molecular complexity index is 402. The van der Waals surface area contributed by atoms with E-state index in [1.54, 1.807) is 0 Å². The number of aliphatic carboxylic acids is 1. The summed E-state index contributed by atoms with van der Waals surface area (Å²) in [5, 5.41) is 8.56. The van der Waals surface area contributed by atoms with Crippen LogP contribution in [0.2, 0.25) is 0 Å². The van der Waals surface area contributed by atoms with Crippen molar-refractivity contribution in [3.05, 3.63) is 34.6 Å². The SMILES string of the molecule is CC/C(=C/CCC(=O)O)c1cccc(Br)n1. The van der Waals surface area contributed by atoms with Crippen molar-refractivity contribution in [3.63, 3.8) is 0 Å². The maximum Gasteiger partial charge on any atom is 0.303 e. The largest absolute Gasteiger partial charge is 0.481 e. The van der Waals surface area contributed by atoms with E-state index in [-0.39, 0.29) is 6.42 Å². The van der Waals surface area contributed by atoms with Crippen LogP contribution in [0.3, 0.4) is 0 Å². The molecule has 0 radical (unpaired) electrons. The highest BCUT2D eigenvalue weighted by Crippen LogP contribution is 2.19. The number of carboxylic acids is 1. The van der Waals surface area contributed by atoms with Gasteiger partial charge in [-0.25, -0.2) is 4.98 Å². The molecule has 0 aliphatic rings. The lowest BCUT2D eigenvalue weighted by atomic mass is 10.1. The van der Waals surface area contributed by atoms with Crippen molar-refractivity contribution in [1.82, 2.24) is 4.98 Å². The van der Waals surface area contributed by atoms with Crippen LogP contribution < -0.4 is 0 Å². The van der Waals surface area contributed by atoms with Gasteiger partial charge in [0.15, 0.2) is 0 Å². The van der Waals surface area contributed by atoms with E-state index in [0.29, 0.717) is 6.42 Å². The van der Waals surface area contributed by atoms with E-state index >= 15 is 0 Å². The minimum Gasteiger partial charge on any atom is -0.481 e. The van der Waals surface area contributed by atoms with Crippen LogP contribution in [0, 0.1) is 0 Å². The lowest BCUT2D eigenvalue weighted by Crippen LogP contribution is -1.93. The average molecular weight is 284 g/mol. The van der Waals surface area contributed by atoms with Gasteiger partial charge in [0.05, 0.1) is 5.69 Å². The number of halogens is 1. The van der Waals surface area contributed by atoms with E-state index in [4.69, 9.17) is 5.11 Å². The van der Waals surface area contributed by atoms with Crippen molar-refractivity contribution in [3.8, 4) is 0 Å². The van der Waals surface area contributed by atoms with Gasteiger partial charge in [0.25, 0.3) is 0 Å². The van der Waals surface area contributed by atoms with Gasteiger partial charge in [0.2, 0.25) is 0 Å². The molecule has 0 saturated carbocycles. The summed E-state index contributed by atoms with van der Waals surface area (Å²) in [6.45, 7) is 2.04. The summed E-state index contributed by atoms with van der Waals surface area (Å²) in [6.07, 6.45) is 3.51. The molecule has 0 unspecified atom stereocenters. The molecule has 1 rings (SSSR count). The van der Waals surface area contributed by atoms with Crippen LogP contribution in [-0.2, 0) is 4.79 Å². The first kappa shape index (κ1) is 12.9. The molecule has 1 N–H and O–H groups in total. The highest BCUT2D eigenvalue weighted by Gasteiger charge is 2.02. The predicted octanol–water partition coefficient (Wildman–Crippen LogP) is 3.50. The van der Waals surface area contributed by atoms with Crippen LogP contribution in [0.1, 0.15) is 31.9 Å². The highest BCUT2D eigenvalue weighted by atomic mass is 79.9. The lowest BCUT2D eigenvalue weighted by Gasteiger charge is -2.04. The maximum absolute atomic E-state index is 10.4. The molecule has 0 aliphatic carbocycles. The standard InChI is InChI=1S/C12H14BrNO2/c1-2-9(5-3-8-12(15)16)10-6-4-7-11(13)14-10/h4-7H,2-3,8H2,1H3,(H,15,16)/b9-5-. The first-order valence-electron chi connectivity index (χ1n) is 5.17. The van der Waals surface area contributed by atoms with E-state index in [0.717, 1.165) is 22.3 Å². The van der Waals surface area contributed by atoms with Crippen LogP contribution in [0.4, 0.5) is 0 Å². The molecule has 0 fully saturated rings. The van der Waals surface area contributed by atoms with Crippen molar-refractivity contribution in [2.75, 3.05) is 0 Å². The third kappa shape index (κ3) is 4.14. The molecule has 4 heteroatoms. The average Bonchev–Trinajstić information content (AvgIpc) is 2.24. The third-order valence-electron chi connectivity index (χ3n) is 2.17. The summed E-state index contributed by atoms with van der Waals surface area (Å²) in [4.78, 5) is 14.8. The lowest BCUT2D eigenvalue weighted by molar-refractivity contribution is -0.136. The Morgan fingerprint density at radius 1 is 1.56 bits per heavy atom. The molecule has 0 amide bonds. The molecule has 1 heterocycles. The Labute approximate surface area is 103 Å². The van der Waals surface area contributed by atoms with Crippen LogP contribution in [-0.4, -0.2) is 16.1 Å². The van der Waals surface area contributed by atoms with Crippen LogP contribution in [0.5, 0.6) is 0 Å². The van der Waals surface area contributed by atoms with Gasteiger partial charge < -0.3 is 5.11 Å². The Kier molecular flexibility index (Phi) is 5.19. The summed E-state index contributed by atoms with van der Waals surface area (Å²) in [6, 6.07) is 5.72. The predicted molar refractivity (Wildman–Crippen MR) is 67.1 cm³/mol. The number of pyridine rings is 1. The molecule has 3 nitrogen and oxygen atoms in total. The van der Waals surface area contributed by atoms with E-state index < -0.39 is 5.97 Å². The van der Waals surface area contributed by atoms with E-state index in [9.17, 15) is 4.79 Å². The van der Waals surface area contributed by atoms with Crippen molar-refractivity contribution >= 4 is 27.5 Å². The fourth-order valence-corrected chi connectivity index (χ4v) is 1.73. The second-order valence-electron chi connectivity index (χ2n) is 3.36. The molecule has 1 aromatic rings. The first-order chi connectivity index (χ1) is 7.63. The minimum absolute atomic E-state index is 0.164. The Balaban J connectivity index is 2.77.